The SMILES string of the molecule is O=C(NCCC(O)C(=O)O)NCC1CC1. The van der Waals surface area contributed by atoms with Crippen molar-refractivity contribution in [2.45, 2.75) is 25.4 Å². The van der Waals surface area contributed by atoms with Gasteiger partial charge in [-0.15, -0.1) is 0 Å². The molecule has 0 aliphatic heterocycles. The van der Waals surface area contributed by atoms with E-state index in [-0.39, 0.29) is 19.0 Å². The van der Waals surface area contributed by atoms with Crippen LogP contribution in [0.2, 0.25) is 0 Å². The number of carbonyl (C=O) groups is 2. The average Bonchev–Trinajstić information content (AvgIpc) is 2.97. The van der Waals surface area contributed by atoms with E-state index in [0.717, 1.165) is 12.8 Å². The minimum Gasteiger partial charge on any atom is -0.479 e. The molecule has 0 aromatic rings. The number of carboxylic acid groups (broad SMARTS) is 1. The Morgan fingerprint density at radius 2 is 2.00 bits per heavy atom. The van der Waals surface area contributed by atoms with Gasteiger partial charge in [0.05, 0.1) is 0 Å². The maximum Gasteiger partial charge on any atom is 0.332 e. The summed E-state index contributed by atoms with van der Waals surface area (Å²) < 4.78 is 0. The van der Waals surface area contributed by atoms with Gasteiger partial charge >= 0.3 is 12.0 Å². The van der Waals surface area contributed by atoms with E-state index in [1.165, 1.54) is 0 Å². The van der Waals surface area contributed by atoms with E-state index in [1.807, 2.05) is 0 Å². The van der Waals surface area contributed by atoms with Crippen molar-refractivity contribution in [2.24, 2.45) is 5.92 Å². The number of rotatable bonds is 6. The van der Waals surface area contributed by atoms with Gasteiger partial charge in [0.25, 0.3) is 0 Å². The van der Waals surface area contributed by atoms with Crippen molar-refractivity contribution >= 4 is 12.0 Å². The van der Waals surface area contributed by atoms with Crippen LogP contribution in [0.4, 0.5) is 4.79 Å². The standard InChI is InChI=1S/C9H16N2O4/c12-7(8(13)14)3-4-10-9(15)11-5-6-1-2-6/h6-7,12H,1-5H2,(H,13,14)(H2,10,11,15). The first kappa shape index (κ1) is 11.8. The number of nitrogens with one attached hydrogen (secondary N) is 2. The zero-order chi connectivity index (χ0) is 11.3. The molecule has 4 N–H and O–H groups in total. The summed E-state index contributed by atoms with van der Waals surface area (Å²) in [5, 5.41) is 22.4. The van der Waals surface area contributed by atoms with Gasteiger partial charge in [0.15, 0.2) is 6.10 Å². The number of aliphatic hydroxyl groups is 1. The van der Waals surface area contributed by atoms with Crippen molar-refractivity contribution in [3.05, 3.63) is 0 Å². The number of amides is 2. The summed E-state index contributed by atoms with van der Waals surface area (Å²) in [4.78, 5) is 21.3. The number of hydrogen-bond acceptors (Lipinski definition) is 3. The van der Waals surface area contributed by atoms with E-state index < -0.39 is 12.1 Å². The molecule has 0 heterocycles. The third kappa shape index (κ3) is 5.21. The summed E-state index contributed by atoms with van der Waals surface area (Å²) in [5.74, 6) is -0.657. The van der Waals surface area contributed by atoms with E-state index >= 15 is 0 Å². The molecule has 6 heteroatoms. The largest absolute Gasteiger partial charge is 0.479 e. The maximum atomic E-state index is 11.1. The van der Waals surface area contributed by atoms with Crippen molar-refractivity contribution in [3.8, 4) is 0 Å². The Morgan fingerprint density at radius 3 is 2.53 bits per heavy atom. The molecule has 1 fully saturated rings. The van der Waals surface area contributed by atoms with E-state index in [1.54, 1.807) is 0 Å². The minimum absolute atomic E-state index is 0.0200. The fourth-order valence-corrected chi connectivity index (χ4v) is 1.07. The minimum atomic E-state index is -1.41. The highest BCUT2D eigenvalue weighted by Crippen LogP contribution is 2.27. The van der Waals surface area contributed by atoms with Gasteiger partial charge < -0.3 is 20.8 Å². The molecule has 2 amide bonds. The third-order valence-electron chi connectivity index (χ3n) is 2.24. The molecule has 1 aliphatic carbocycles. The first-order valence-corrected chi connectivity index (χ1v) is 5.02. The Morgan fingerprint density at radius 1 is 1.33 bits per heavy atom. The lowest BCUT2D eigenvalue weighted by molar-refractivity contribution is -0.146. The van der Waals surface area contributed by atoms with Crippen LogP contribution in [0.15, 0.2) is 0 Å². The van der Waals surface area contributed by atoms with E-state index in [0.29, 0.717) is 12.5 Å². The van der Waals surface area contributed by atoms with Crippen molar-refractivity contribution in [2.75, 3.05) is 13.1 Å². The monoisotopic (exact) mass is 216 g/mol. The summed E-state index contributed by atoms with van der Waals surface area (Å²) in [6.45, 7) is 0.831. The molecule has 0 spiro atoms. The highest BCUT2D eigenvalue weighted by Gasteiger charge is 2.21. The average molecular weight is 216 g/mol. The first-order chi connectivity index (χ1) is 7.09. The van der Waals surface area contributed by atoms with Crippen molar-refractivity contribution in [1.29, 1.82) is 0 Å². The van der Waals surface area contributed by atoms with Crippen LogP contribution in [-0.2, 0) is 4.79 Å². The van der Waals surface area contributed by atoms with Crippen molar-refractivity contribution in [3.63, 3.8) is 0 Å². The van der Waals surface area contributed by atoms with Gasteiger partial charge in [0, 0.05) is 19.5 Å². The second-order valence-electron chi connectivity index (χ2n) is 3.72. The van der Waals surface area contributed by atoms with Gasteiger partial charge in [-0.1, -0.05) is 0 Å². The summed E-state index contributed by atoms with van der Waals surface area (Å²) >= 11 is 0. The summed E-state index contributed by atoms with van der Waals surface area (Å²) in [6, 6.07) is -0.306. The Bertz CT molecular complexity index is 240. The molecule has 0 aromatic carbocycles. The van der Waals surface area contributed by atoms with Crippen LogP contribution >= 0.6 is 0 Å². The highest BCUT2D eigenvalue weighted by atomic mass is 16.4. The van der Waals surface area contributed by atoms with Gasteiger partial charge in [-0.2, -0.15) is 0 Å². The number of urea groups is 1. The molecule has 0 bridgehead atoms. The van der Waals surface area contributed by atoms with E-state index in [4.69, 9.17) is 10.2 Å². The normalized spacial score (nSPS) is 16.9. The molecule has 0 aromatic heterocycles. The fraction of sp³-hybridized carbons (Fsp3) is 0.778. The second-order valence-corrected chi connectivity index (χ2v) is 3.72. The number of carboxylic acids is 1. The maximum absolute atomic E-state index is 11.1. The van der Waals surface area contributed by atoms with Crippen LogP contribution in [0.3, 0.4) is 0 Å². The van der Waals surface area contributed by atoms with Crippen LogP contribution in [0, 0.1) is 5.92 Å². The molecule has 1 aliphatic rings. The van der Waals surface area contributed by atoms with Crippen LogP contribution in [0.5, 0.6) is 0 Å². The predicted octanol–water partition coefficient (Wildman–Crippen LogP) is -0.469. The van der Waals surface area contributed by atoms with Gasteiger partial charge in [-0.3, -0.25) is 0 Å². The van der Waals surface area contributed by atoms with Crippen molar-refractivity contribution in [1.82, 2.24) is 10.6 Å². The molecule has 1 saturated carbocycles. The lowest BCUT2D eigenvalue weighted by Crippen LogP contribution is -2.38. The Labute approximate surface area is 87.7 Å². The number of aliphatic carboxylic acids is 1. The molecule has 1 rings (SSSR count). The molecule has 6 nitrogen and oxygen atoms in total. The molecule has 0 saturated heterocycles. The van der Waals surface area contributed by atoms with E-state index in [2.05, 4.69) is 10.6 Å². The fourth-order valence-electron chi connectivity index (χ4n) is 1.07. The van der Waals surface area contributed by atoms with Crippen LogP contribution in [-0.4, -0.2) is 41.4 Å². The second kappa shape index (κ2) is 5.55. The first-order valence-electron chi connectivity index (χ1n) is 5.02. The Hall–Kier alpha value is -1.30. The lowest BCUT2D eigenvalue weighted by atomic mass is 10.2. The molecular formula is C9H16N2O4. The molecule has 0 radical (unpaired) electrons. The van der Waals surface area contributed by atoms with Crippen LogP contribution in [0.1, 0.15) is 19.3 Å². The lowest BCUT2D eigenvalue weighted by Gasteiger charge is -2.08. The Balaban J connectivity index is 1.98. The predicted molar refractivity (Wildman–Crippen MR) is 52.4 cm³/mol. The Kier molecular flexibility index (Phi) is 4.36. The van der Waals surface area contributed by atoms with Crippen molar-refractivity contribution < 1.29 is 19.8 Å². The molecule has 1 unspecified atom stereocenters. The van der Waals surface area contributed by atoms with Crippen LogP contribution < -0.4 is 10.6 Å². The quantitative estimate of drug-likeness (QED) is 0.482. The summed E-state index contributed by atoms with van der Waals surface area (Å²) in [6.07, 6.45) is 0.941. The number of carbonyl (C=O) groups excluding carboxylic acids is 1. The highest BCUT2D eigenvalue weighted by molar-refractivity contribution is 5.74. The molecule has 1 atom stereocenters. The van der Waals surface area contributed by atoms with Crippen LogP contribution in [0.25, 0.3) is 0 Å². The van der Waals surface area contributed by atoms with Gasteiger partial charge in [0.2, 0.25) is 0 Å². The van der Waals surface area contributed by atoms with Gasteiger partial charge in [0.1, 0.15) is 0 Å². The third-order valence-corrected chi connectivity index (χ3v) is 2.24. The number of aliphatic hydroxyl groups excluding tert-OH is 1. The topological polar surface area (TPSA) is 98.7 Å². The summed E-state index contributed by atoms with van der Waals surface area (Å²) in [5.41, 5.74) is 0. The smallest absolute Gasteiger partial charge is 0.332 e. The van der Waals surface area contributed by atoms with Gasteiger partial charge in [-0.25, -0.2) is 9.59 Å². The molecular weight excluding hydrogens is 200 g/mol. The molecule has 15 heavy (non-hydrogen) atoms. The summed E-state index contributed by atoms with van der Waals surface area (Å²) in [7, 11) is 0. The van der Waals surface area contributed by atoms with Gasteiger partial charge in [-0.05, 0) is 18.8 Å². The molecule has 86 valence electrons. The zero-order valence-electron chi connectivity index (χ0n) is 8.40. The number of hydrogen-bond donors (Lipinski definition) is 4. The van der Waals surface area contributed by atoms with E-state index in [9.17, 15) is 9.59 Å². The zero-order valence-corrected chi connectivity index (χ0v) is 8.40.